The van der Waals surface area contributed by atoms with Gasteiger partial charge in [0.1, 0.15) is 6.54 Å². The van der Waals surface area contributed by atoms with Crippen LogP contribution in [0.15, 0.2) is 24.5 Å². The molecule has 0 bridgehead atoms. The minimum absolute atomic E-state index is 0. The molecule has 0 fully saturated rings. The number of carbonyl (C=O) groups excluding carboxylic acids is 1. The molecule has 112 valence electrons. The number of aryl methyl sites for hydroxylation is 2. The normalized spacial score (nSPS) is 9.65. The van der Waals surface area contributed by atoms with E-state index in [2.05, 4.69) is 22.0 Å². The molecule has 1 aromatic heterocycles. The Labute approximate surface area is 129 Å². The lowest BCUT2D eigenvalue weighted by Crippen LogP contribution is -3.00. The van der Waals surface area contributed by atoms with E-state index >= 15 is 0 Å². The van der Waals surface area contributed by atoms with Gasteiger partial charge in [0.2, 0.25) is 5.91 Å². The third kappa shape index (κ3) is 8.63. The number of unbranched alkanes of at least 4 members (excludes halogenated alkanes) is 1. The van der Waals surface area contributed by atoms with E-state index in [1.807, 2.05) is 19.3 Å². The van der Waals surface area contributed by atoms with E-state index in [9.17, 15) is 9.59 Å². The minimum Gasteiger partial charge on any atom is -1.00 e. The van der Waals surface area contributed by atoms with Gasteiger partial charge in [0.05, 0.1) is 6.42 Å². The fraction of sp³-hybridized carbons (Fsp3) is 0.500. The molecule has 0 unspecified atom stereocenters. The number of nitrogens with one attached hydrogen (secondary N) is 1. The molecule has 0 atom stereocenters. The van der Waals surface area contributed by atoms with Crippen molar-refractivity contribution in [3.63, 3.8) is 0 Å². The van der Waals surface area contributed by atoms with Gasteiger partial charge in [-0.3, -0.25) is 9.59 Å². The van der Waals surface area contributed by atoms with Crippen LogP contribution in [-0.4, -0.2) is 23.5 Å². The highest BCUT2D eigenvalue weighted by Crippen LogP contribution is 1.96. The van der Waals surface area contributed by atoms with Crippen LogP contribution < -0.4 is 26.9 Å². The summed E-state index contributed by atoms with van der Waals surface area (Å²) in [6.45, 7) is 3.15. The summed E-state index contributed by atoms with van der Waals surface area (Å²) in [5.41, 5.74) is 1.23. The molecule has 5 nitrogen and oxygen atoms in total. The predicted octanol–water partition coefficient (Wildman–Crippen LogP) is -1.95. The van der Waals surface area contributed by atoms with Gasteiger partial charge >= 0.3 is 5.97 Å². The van der Waals surface area contributed by atoms with Crippen molar-refractivity contribution in [2.75, 3.05) is 6.54 Å². The summed E-state index contributed by atoms with van der Waals surface area (Å²) in [6, 6.07) is 4.11. The number of hydrogen-bond acceptors (Lipinski definition) is 2. The van der Waals surface area contributed by atoms with Crippen LogP contribution in [0.25, 0.3) is 0 Å². The predicted molar refractivity (Wildman–Crippen MR) is 70.5 cm³/mol. The number of carboxylic acid groups (broad SMARTS) is 1. The third-order valence-electron chi connectivity index (χ3n) is 2.79. The van der Waals surface area contributed by atoms with Crippen molar-refractivity contribution in [2.45, 2.75) is 39.2 Å². The number of amides is 1. The van der Waals surface area contributed by atoms with Crippen molar-refractivity contribution < 1.29 is 36.2 Å². The molecule has 0 saturated heterocycles. The highest BCUT2D eigenvalue weighted by molar-refractivity contribution is 5.76. The first-order chi connectivity index (χ1) is 9.08. The second kappa shape index (κ2) is 10.4. The van der Waals surface area contributed by atoms with Crippen LogP contribution in [-0.2, 0) is 16.1 Å². The van der Waals surface area contributed by atoms with E-state index in [4.69, 9.17) is 5.11 Å². The van der Waals surface area contributed by atoms with Crippen molar-refractivity contribution in [2.24, 2.45) is 0 Å². The number of hydrogen-bond donors (Lipinski definition) is 2. The molecule has 0 spiro atoms. The smallest absolute Gasteiger partial charge is 0.305 e. The van der Waals surface area contributed by atoms with Gasteiger partial charge in [-0.15, -0.1) is 0 Å². The van der Waals surface area contributed by atoms with Crippen molar-refractivity contribution in [1.29, 1.82) is 0 Å². The standard InChI is InChI=1S/C14H20N2O3.BrH/c1-12-6-10-16(11-7-12)9-3-2-4-13(17)15-8-5-14(18)19;/h6-7,10-11H,2-5,8-9H2,1H3,(H-,15,17,18,19);1H. The van der Waals surface area contributed by atoms with Crippen LogP contribution in [0.4, 0.5) is 0 Å². The summed E-state index contributed by atoms with van der Waals surface area (Å²) in [6.07, 6.45) is 6.22. The van der Waals surface area contributed by atoms with Gasteiger partial charge in [0.25, 0.3) is 0 Å². The van der Waals surface area contributed by atoms with Gasteiger partial charge in [-0.1, -0.05) is 0 Å². The maximum absolute atomic E-state index is 11.4. The van der Waals surface area contributed by atoms with E-state index in [1.54, 1.807) is 0 Å². The van der Waals surface area contributed by atoms with Crippen LogP contribution in [0, 0.1) is 6.92 Å². The topological polar surface area (TPSA) is 70.3 Å². The number of halogens is 1. The summed E-state index contributed by atoms with van der Waals surface area (Å²) in [5, 5.41) is 11.0. The Morgan fingerprint density at radius 3 is 2.45 bits per heavy atom. The molecule has 6 heteroatoms. The van der Waals surface area contributed by atoms with Crippen LogP contribution in [0.5, 0.6) is 0 Å². The molecule has 0 radical (unpaired) electrons. The summed E-state index contributed by atoms with van der Waals surface area (Å²) in [4.78, 5) is 21.6. The van der Waals surface area contributed by atoms with E-state index in [0.29, 0.717) is 6.42 Å². The minimum atomic E-state index is -0.893. The summed E-state index contributed by atoms with van der Waals surface area (Å²) >= 11 is 0. The van der Waals surface area contributed by atoms with Crippen molar-refractivity contribution in [3.8, 4) is 0 Å². The summed E-state index contributed by atoms with van der Waals surface area (Å²) < 4.78 is 2.09. The lowest BCUT2D eigenvalue weighted by Gasteiger charge is -2.02. The number of aromatic nitrogens is 1. The summed E-state index contributed by atoms with van der Waals surface area (Å²) in [7, 11) is 0. The number of aliphatic carboxylic acids is 1. The molecule has 1 aromatic rings. The molecular formula is C14H21BrN2O3. The van der Waals surface area contributed by atoms with Gasteiger partial charge in [-0.25, -0.2) is 4.57 Å². The first-order valence-electron chi connectivity index (χ1n) is 6.52. The molecule has 0 aliphatic rings. The molecule has 0 saturated carbocycles. The molecule has 1 heterocycles. The third-order valence-corrected chi connectivity index (χ3v) is 2.79. The molecule has 0 aromatic carbocycles. The maximum atomic E-state index is 11.4. The first kappa shape index (κ1) is 18.6. The monoisotopic (exact) mass is 344 g/mol. The molecular weight excluding hydrogens is 324 g/mol. The number of rotatable bonds is 8. The zero-order valence-corrected chi connectivity index (χ0v) is 13.2. The van der Waals surface area contributed by atoms with E-state index < -0.39 is 5.97 Å². The molecule has 0 aliphatic heterocycles. The van der Waals surface area contributed by atoms with Crippen LogP contribution in [0.1, 0.15) is 31.2 Å². The van der Waals surface area contributed by atoms with Gasteiger partial charge < -0.3 is 27.4 Å². The Bertz CT molecular complexity index is 421. The Hall–Kier alpha value is -1.43. The van der Waals surface area contributed by atoms with Gasteiger partial charge in [0.15, 0.2) is 12.4 Å². The van der Waals surface area contributed by atoms with Crippen LogP contribution >= 0.6 is 0 Å². The quantitative estimate of drug-likeness (QED) is 0.425. The molecule has 1 rings (SSSR count). The van der Waals surface area contributed by atoms with Crippen molar-refractivity contribution in [1.82, 2.24) is 5.32 Å². The second-order valence-corrected chi connectivity index (χ2v) is 4.56. The zero-order valence-electron chi connectivity index (χ0n) is 11.6. The van der Waals surface area contributed by atoms with Crippen LogP contribution in [0.3, 0.4) is 0 Å². The Morgan fingerprint density at radius 1 is 1.20 bits per heavy atom. The molecule has 20 heavy (non-hydrogen) atoms. The molecule has 1 amide bonds. The largest absolute Gasteiger partial charge is 1.00 e. The van der Waals surface area contributed by atoms with E-state index in [1.165, 1.54) is 5.56 Å². The van der Waals surface area contributed by atoms with Gasteiger partial charge in [-0.05, 0) is 18.9 Å². The SMILES string of the molecule is Cc1cc[n+](CCCCC(=O)NCCC(=O)O)cc1.[Br-]. The average Bonchev–Trinajstić information content (AvgIpc) is 2.36. The first-order valence-corrected chi connectivity index (χ1v) is 6.52. The molecule has 0 aliphatic carbocycles. The summed E-state index contributed by atoms with van der Waals surface area (Å²) in [5.74, 6) is -0.966. The van der Waals surface area contributed by atoms with Crippen LogP contribution in [0.2, 0.25) is 0 Å². The fourth-order valence-electron chi connectivity index (χ4n) is 1.66. The van der Waals surface area contributed by atoms with Crippen molar-refractivity contribution in [3.05, 3.63) is 30.1 Å². The van der Waals surface area contributed by atoms with E-state index in [0.717, 1.165) is 19.4 Å². The Kier molecular flexibility index (Phi) is 9.63. The number of carboxylic acids is 1. The zero-order chi connectivity index (χ0) is 14.1. The number of carbonyl (C=O) groups is 2. The lowest BCUT2D eigenvalue weighted by molar-refractivity contribution is -0.697. The van der Waals surface area contributed by atoms with Crippen molar-refractivity contribution >= 4 is 11.9 Å². The molecule has 2 N–H and O–H groups in total. The maximum Gasteiger partial charge on any atom is 0.305 e. The fourth-order valence-corrected chi connectivity index (χ4v) is 1.66. The second-order valence-electron chi connectivity index (χ2n) is 4.56. The Balaban J connectivity index is 0.00000361. The van der Waals surface area contributed by atoms with Gasteiger partial charge in [0, 0.05) is 31.5 Å². The van der Waals surface area contributed by atoms with E-state index in [-0.39, 0.29) is 35.9 Å². The van der Waals surface area contributed by atoms with Gasteiger partial charge in [-0.2, -0.15) is 0 Å². The Morgan fingerprint density at radius 2 is 1.85 bits per heavy atom. The lowest BCUT2D eigenvalue weighted by atomic mass is 10.2. The highest BCUT2D eigenvalue weighted by Gasteiger charge is 2.04. The number of nitrogens with zero attached hydrogens (tertiary/aromatic N) is 1. The number of pyridine rings is 1. The highest BCUT2D eigenvalue weighted by atomic mass is 79.9. The average molecular weight is 345 g/mol.